The molecule has 2 aliphatic rings. The Balaban J connectivity index is 2.33. The number of β-lactam (4-membered cyclic amide) rings is 1. The van der Waals surface area contributed by atoms with Crippen molar-refractivity contribution in [1.29, 1.82) is 0 Å². The Morgan fingerprint density at radius 3 is 2.38 bits per heavy atom. The van der Waals surface area contributed by atoms with E-state index in [1.54, 1.807) is 6.07 Å². The van der Waals surface area contributed by atoms with Crippen molar-refractivity contribution in [2.24, 2.45) is 0 Å². The molecule has 0 bridgehead atoms. The van der Waals surface area contributed by atoms with Gasteiger partial charge in [-0.05, 0) is 26.0 Å². The van der Waals surface area contributed by atoms with Gasteiger partial charge in [0.2, 0.25) is 0 Å². The molecule has 9 nitrogen and oxygen atoms in total. The molecule has 0 saturated carbocycles. The predicted octanol–water partition coefficient (Wildman–Crippen LogP) is -0.334. The topological polar surface area (TPSA) is 139 Å². The van der Waals surface area contributed by atoms with Gasteiger partial charge in [0.15, 0.2) is 31.1 Å². The first-order valence-corrected chi connectivity index (χ1v) is 10.9. The Labute approximate surface area is 150 Å². The summed E-state index contributed by atoms with van der Waals surface area (Å²) in [7, 11) is -8.20. The molecule has 140 valence electrons. The van der Waals surface area contributed by atoms with Crippen LogP contribution in [-0.4, -0.2) is 66.1 Å². The van der Waals surface area contributed by atoms with E-state index in [1.165, 1.54) is 32.2 Å². The van der Waals surface area contributed by atoms with Crippen LogP contribution in [0.2, 0.25) is 0 Å². The van der Waals surface area contributed by atoms with Crippen molar-refractivity contribution in [3.63, 3.8) is 0 Å². The second-order valence-corrected chi connectivity index (χ2v) is 11.2. The van der Waals surface area contributed by atoms with Crippen LogP contribution in [0.4, 0.5) is 0 Å². The minimum Gasteiger partial charge on any atom is -0.480 e. The molecule has 3 rings (SSSR count). The van der Waals surface area contributed by atoms with Gasteiger partial charge in [0.25, 0.3) is 5.91 Å². The van der Waals surface area contributed by atoms with Crippen molar-refractivity contribution in [2.45, 2.75) is 30.0 Å². The number of carbonyl (C=O) groups excluding carboxylic acids is 1. The molecule has 1 aromatic rings. The second kappa shape index (κ2) is 5.36. The highest BCUT2D eigenvalue weighted by molar-refractivity contribution is 8.00. The van der Waals surface area contributed by atoms with E-state index in [9.17, 15) is 31.5 Å². The highest BCUT2D eigenvalue weighted by atomic mass is 32.2. The molecule has 26 heavy (non-hydrogen) atoms. The van der Waals surface area contributed by atoms with Gasteiger partial charge >= 0.3 is 5.97 Å². The van der Waals surface area contributed by atoms with Crippen molar-refractivity contribution in [1.82, 2.24) is 9.88 Å². The Bertz CT molecular complexity index is 1060. The Kier molecular flexibility index (Phi) is 3.82. The van der Waals surface area contributed by atoms with E-state index in [2.05, 4.69) is 4.98 Å². The number of fused-ring (bicyclic) bond motifs is 1. The molecular weight excluding hydrogens is 384 g/mol. The van der Waals surface area contributed by atoms with Gasteiger partial charge in [-0.3, -0.25) is 9.78 Å². The summed E-state index contributed by atoms with van der Waals surface area (Å²) >= 11 is 0. The van der Waals surface area contributed by atoms with E-state index >= 15 is 0 Å². The first-order chi connectivity index (χ1) is 11.8. The average Bonchev–Trinajstić information content (AvgIpc) is 2.65. The first kappa shape index (κ1) is 18.5. The van der Waals surface area contributed by atoms with E-state index in [1.807, 2.05) is 0 Å². The van der Waals surface area contributed by atoms with Crippen LogP contribution in [0.5, 0.6) is 0 Å². The summed E-state index contributed by atoms with van der Waals surface area (Å²) in [6, 6.07) is 2.79. The monoisotopic (exact) mass is 400 g/mol. The fourth-order valence-electron chi connectivity index (χ4n) is 3.41. The van der Waals surface area contributed by atoms with Crippen molar-refractivity contribution in [2.75, 3.05) is 6.26 Å². The lowest BCUT2D eigenvalue weighted by atomic mass is 9.95. The van der Waals surface area contributed by atoms with Crippen molar-refractivity contribution in [3.8, 4) is 0 Å². The number of sulfone groups is 2. The molecule has 0 spiro atoms. The average molecular weight is 400 g/mol. The third-order valence-corrected chi connectivity index (χ3v) is 8.59. The Morgan fingerprint density at radius 1 is 1.31 bits per heavy atom. The molecule has 2 atom stereocenters. The SMILES string of the molecule is CC1(C)[C@H](C(=O)O)N2C(=O)/C(=C(/c3ccccn3)S(C)(=O)=O)[C@H]2S1(=O)=O. The van der Waals surface area contributed by atoms with Gasteiger partial charge in [-0.2, -0.15) is 0 Å². The van der Waals surface area contributed by atoms with E-state index in [-0.39, 0.29) is 5.69 Å². The lowest BCUT2D eigenvalue weighted by Crippen LogP contribution is -2.59. The summed E-state index contributed by atoms with van der Waals surface area (Å²) in [5.41, 5.74) is -0.521. The normalized spacial score (nSPS) is 28.3. The summed E-state index contributed by atoms with van der Waals surface area (Å²) in [6.07, 6.45) is 2.16. The lowest BCUT2D eigenvalue weighted by molar-refractivity contribution is -0.152. The fourth-order valence-corrected chi connectivity index (χ4v) is 6.73. The quantitative estimate of drug-likeness (QED) is 0.537. The molecule has 2 fully saturated rings. The van der Waals surface area contributed by atoms with E-state index in [4.69, 9.17) is 0 Å². The van der Waals surface area contributed by atoms with Gasteiger partial charge in [0.05, 0.1) is 11.3 Å². The van der Waals surface area contributed by atoms with Gasteiger partial charge in [0, 0.05) is 12.5 Å². The summed E-state index contributed by atoms with van der Waals surface area (Å²) in [5, 5.41) is 7.79. The molecule has 2 aliphatic heterocycles. The van der Waals surface area contributed by atoms with E-state index < -0.39 is 58.2 Å². The molecule has 0 unspecified atom stereocenters. The van der Waals surface area contributed by atoms with Crippen LogP contribution in [0.1, 0.15) is 19.5 Å². The molecule has 0 radical (unpaired) electrons. The number of hydrogen-bond donors (Lipinski definition) is 1. The summed E-state index contributed by atoms with van der Waals surface area (Å²) in [4.78, 5) is 28.4. The minimum absolute atomic E-state index is 0.0650. The zero-order valence-corrected chi connectivity index (χ0v) is 15.7. The van der Waals surface area contributed by atoms with E-state index in [0.717, 1.165) is 11.2 Å². The number of carboxylic acids is 1. The largest absolute Gasteiger partial charge is 0.480 e. The van der Waals surface area contributed by atoms with Gasteiger partial charge in [-0.15, -0.1) is 0 Å². The summed E-state index contributed by atoms with van der Waals surface area (Å²) < 4.78 is 48.7. The van der Waals surface area contributed by atoms with Crippen molar-refractivity contribution in [3.05, 3.63) is 35.7 Å². The molecule has 0 aliphatic carbocycles. The van der Waals surface area contributed by atoms with E-state index in [0.29, 0.717) is 0 Å². The third kappa shape index (κ3) is 2.23. The lowest BCUT2D eigenvalue weighted by Gasteiger charge is -2.38. The number of amides is 1. The standard InChI is InChI=1S/C15H16N2O7S2/c1-15(2)11(14(19)20)17-12(18)9(13(17)26(15,23)24)10(25(3,21)22)8-6-4-5-7-16-8/h4-7,11,13H,1-3H3,(H,19,20)/b10-9+/t11-,13+/m0/s1. The van der Waals surface area contributed by atoms with Crippen LogP contribution in [0.25, 0.3) is 4.91 Å². The fraction of sp³-hybridized carbons (Fsp3) is 0.400. The van der Waals surface area contributed by atoms with Gasteiger partial charge < -0.3 is 10.0 Å². The molecule has 1 amide bonds. The van der Waals surface area contributed by atoms with Gasteiger partial charge in [0.1, 0.15) is 9.65 Å². The molecule has 1 aromatic heterocycles. The number of rotatable bonds is 3. The Morgan fingerprint density at radius 2 is 1.92 bits per heavy atom. The first-order valence-electron chi connectivity index (χ1n) is 7.48. The maximum atomic E-state index is 12.9. The number of nitrogens with zero attached hydrogens (tertiary/aromatic N) is 2. The van der Waals surface area contributed by atoms with Gasteiger partial charge in [-0.25, -0.2) is 21.6 Å². The number of carbonyl (C=O) groups is 2. The highest BCUT2D eigenvalue weighted by Crippen LogP contribution is 2.50. The van der Waals surface area contributed by atoms with Crippen molar-refractivity contribution >= 4 is 36.5 Å². The zero-order valence-electron chi connectivity index (χ0n) is 14.1. The minimum atomic E-state index is -4.18. The molecule has 11 heteroatoms. The molecule has 3 heterocycles. The van der Waals surface area contributed by atoms with Crippen molar-refractivity contribution < 1.29 is 31.5 Å². The number of aliphatic carboxylic acids is 1. The predicted molar refractivity (Wildman–Crippen MR) is 91.1 cm³/mol. The number of pyridine rings is 1. The molecule has 1 N–H and O–H groups in total. The number of hydrogen-bond acceptors (Lipinski definition) is 7. The van der Waals surface area contributed by atoms with Crippen LogP contribution < -0.4 is 0 Å². The maximum Gasteiger partial charge on any atom is 0.328 e. The highest BCUT2D eigenvalue weighted by Gasteiger charge is 2.71. The van der Waals surface area contributed by atoms with Crippen LogP contribution >= 0.6 is 0 Å². The molecular formula is C15H16N2O7S2. The summed E-state index contributed by atoms with van der Waals surface area (Å²) in [6.45, 7) is 2.43. The van der Waals surface area contributed by atoms with Gasteiger partial charge in [-0.1, -0.05) is 6.07 Å². The Hall–Kier alpha value is -2.27. The van der Waals surface area contributed by atoms with Crippen LogP contribution in [0, 0.1) is 0 Å². The zero-order chi connectivity index (χ0) is 19.7. The van der Waals surface area contributed by atoms with Crippen LogP contribution in [-0.2, 0) is 29.3 Å². The number of aromatic nitrogens is 1. The molecule has 0 aromatic carbocycles. The van der Waals surface area contributed by atoms with Crippen LogP contribution in [0.3, 0.4) is 0 Å². The molecule has 2 saturated heterocycles. The smallest absolute Gasteiger partial charge is 0.328 e. The van der Waals surface area contributed by atoms with Crippen LogP contribution in [0.15, 0.2) is 30.0 Å². The number of carboxylic acid groups (broad SMARTS) is 1. The second-order valence-electron chi connectivity index (χ2n) is 6.68. The maximum absolute atomic E-state index is 12.9. The summed E-state index contributed by atoms with van der Waals surface area (Å²) in [5.74, 6) is -2.39. The third-order valence-electron chi connectivity index (χ3n) is 4.68.